The van der Waals surface area contributed by atoms with Crippen LogP contribution in [0.4, 0.5) is 5.69 Å². The minimum Gasteiger partial charge on any atom is -0.480 e. The van der Waals surface area contributed by atoms with E-state index in [9.17, 15) is 19.5 Å². The van der Waals surface area contributed by atoms with E-state index in [1.807, 2.05) is 77.7 Å². The van der Waals surface area contributed by atoms with Gasteiger partial charge in [0.1, 0.15) is 6.54 Å². The van der Waals surface area contributed by atoms with Gasteiger partial charge in [0.05, 0.1) is 0 Å². The van der Waals surface area contributed by atoms with Gasteiger partial charge >= 0.3 is 5.97 Å². The molecule has 7 heteroatoms. The van der Waals surface area contributed by atoms with E-state index in [-0.39, 0.29) is 24.3 Å². The van der Waals surface area contributed by atoms with Gasteiger partial charge in [-0.05, 0) is 53.8 Å². The molecule has 0 unspecified atom stereocenters. The molecule has 0 spiro atoms. The largest absolute Gasteiger partial charge is 0.480 e. The molecule has 7 nitrogen and oxygen atoms in total. The fourth-order valence-corrected chi connectivity index (χ4v) is 5.70. The van der Waals surface area contributed by atoms with Gasteiger partial charge in [0, 0.05) is 48.9 Å². The molecule has 0 bridgehead atoms. The van der Waals surface area contributed by atoms with Crippen molar-refractivity contribution in [2.75, 3.05) is 37.6 Å². The summed E-state index contributed by atoms with van der Waals surface area (Å²) in [4.78, 5) is 41.7. The van der Waals surface area contributed by atoms with Gasteiger partial charge in [-0.25, -0.2) is 0 Å². The Hall–Kier alpha value is -4.91. The zero-order chi connectivity index (χ0) is 29.3. The van der Waals surface area contributed by atoms with E-state index in [4.69, 9.17) is 0 Å². The van der Waals surface area contributed by atoms with Gasteiger partial charge in [-0.2, -0.15) is 0 Å². The average molecular weight is 562 g/mol. The van der Waals surface area contributed by atoms with Crippen LogP contribution in [0.25, 0.3) is 0 Å². The van der Waals surface area contributed by atoms with E-state index < -0.39 is 5.97 Å². The highest BCUT2D eigenvalue weighted by molar-refractivity contribution is 5.98. The Bertz CT molecular complexity index is 1470. The predicted molar refractivity (Wildman–Crippen MR) is 164 cm³/mol. The molecule has 1 heterocycles. The molecule has 0 saturated heterocycles. The Morgan fingerprint density at radius 3 is 2.02 bits per heavy atom. The van der Waals surface area contributed by atoms with Crippen molar-refractivity contribution in [1.29, 1.82) is 0 Å². The number of carbonyl (C=O) groups excluding carboxylic acids is 2. The predicted octanol–water partition coefficient (Wildman–Crippen LogP) is 5.23. The number of carboxylic acids is 1. The summed E-state index contributed by atoms with van der Waals surface area (Å²) in [5.74, 6) is -1.08. The van der Waals surface area contributed by atoms with Crippen LogP contribution in [0.3, 0.4) is 0 Å². The number of aliphatic carboxylic acids is 1. The SMILES string of the molecule is O=C(O)CN1CCc2c(C(=O)NCCN(CCC(c3ccccc3)c3ccccc3)C(=O)c3ccccc3)cccc21. The highest BCUT2D eigenvalue weighted by Crippen LogP contribution is 2.31. The van der Waals surface area contributed by atoms with Crippen molar-refractivity contribution in [2.24, 2.45) is 0 Å². The molecule has 2 N–H and O–H groups in total. The van der Waals surface area contributed by atoms with E-state index in [0.717, 1.165) is 17.7 Å². The molecule has 0 radical (unpaired) electrons. The van der Waals surface area contributed by atoms with Gasteiger partial charge in [0.2, 0.25) is 0 Å². The maximum Gasteiger partial charge on any atom is 0.323 e. The minimum atomic E-state index is -0.900. The second-order valence-electron chi connectivity index (χ2n) is 10.4. The molecular weight excluding hydrogens is 526 g/mol. The first-order chi connectivity index (χ1) is 20.5. The summed E-state index contributed by atoms with van der Waals surface area (Å²) in [5.41, 5.74) is 5.20. The molecule has 214 valence electrons. The minimum absolute atomic E-state index is 0.0744. The Morgan fingerprint density at radius 2 is 1.40 bits per heavy atom. The van der Waals surface area contributed by atoms with Crippen LogP contribution in [0, 0.1) is 0 Å². The zero-order valence-corrected chi connectivity index (χ0v) is 23.5. The molecule has 42 heavy (non-hydrogen) atoms. The standard InChI is InChI=1S/C35H35N3O4/c39-33(40)25-38-23-20-30-31(17-10-18-32(30)38)34(41)36-21-24-37(35(42)28-15-8-3-9-16-28)22-19-29(26-11-4-1-5-12-26)27-13-6-2-7-14-27/h1-18,29H,19-25H2,(H,36,41)(H,39,40). The number of nitrogens with one attached hydrogen (secondary N) is 1. The third-order valence-electron chi connectivity index (χ3n) is 7.76. The quantitative estimate of drug-likeness (QED) is 0.247. The Labute approximate surface area is 246 Å². The maximum atomic E-state index is 13.6. The first kappa shape index (κ1) is 28.6. The van der Waals surface area contributed by atoms with Gasteiger partial charge in [-0.1, -0.05) is 84.9 Å². The summed E-state index contributed by atoms with van der Waals surface area (Å²) in [6, 6.07) is 35.3. The molecule has 4 aromatic rings. The van der Waals surface area contributed by atoms with Crippen LogP contribution in [-0.2, 0) is 11.2 Å². The van der Waals surface area contributed by atoms with Crippen molar-refractivity contribution in [1.82, 2.24) is 10.2 Å². The first-order valence-corrected chi connectivity index (χ1v) is 14.3. The van der Waals surface area contributed by atoms with Gasteiger partial charge in [-0.3, -0.25) is 14.4 Å². The zero-order valence-electron chi connectivity index (χ0n) is 23.5. The lowest BCUT2D eigenvalue weighted by molar-refractivity contribution is -0.135. The van der Waals surface area contributed by atoms with E-state index >= 15 is 0 Å². The van der Waals surface area contributed by atoms with Crippen LogP contribution in [-0.4, -0.2) is 60.5 Å². The monoisotopic (exact) mass is 561 g/mol. The molecule has 0 saturated carbocycles. The summed E-state index contributed by atoms with van der Waals surface area (Å²) in [6.07, 6.45) is 1.34. The fourth-order valence-electron chi connectivity index (χ4n) is 5.70. The van der Waals surface area contributed by atoms with Crippen LogP contribution in [0.15, 0.2) is 109 Å². The Morgan fingerprint density at radius 1 is 0.786 bits per heavy atom. The molecule has 1 aliphatic heterocycles. The summed E-state index contributed by atoms with van der Waals surface area (Å²) in [6.45, 7) is 1.64. The summed E-state index contributed by atoms with van der Waals surface area (Å²) < 4.78 is 0. The van der Waals surface area contributed by atoms with E-state index in [2.05, 4.69) is 29.6 Å². The molecule has 0 atom stereocenters. The number of nitrogens with zero attached hydrogens (tertiary/aromatic N) is 2. The van der Waals surface area contributed by atoms with Gasteiger partial charge < -0.3 is 20.2 Å². The fraction of sp³-hybridized carbons (Fsp3) is 0.229. The molecule has 1 aliphatic rings. The van der Waals surface area contributed by atoms with E-state index in [1.165, 1.54) is 11.1 Å². The highest BCUT2D eigenvalue weighted by atomic mass is 16.4. The van der Waals surface area contributed by atoms with Crippen molar-refractivity contribution < 1.29 is 19.5 Å². The van der Waals surface area contributed by atoms with Gasteiger partial charge in [0.25, 0.3) is 11.8 Å². The lowest BCUT2D eigenvalue weighted by Crippen LogP contribution is -2.39. The Kier molecular flexibility index (Phi) is 9.29. The molecular formula is C35H35N3O4. The number of hydrogen-bond donors (Lipinski definition) is 2. The number of anilines is 1. The number of amides is 2. The summed E-state index contributed by atoms with van der Waals surface area (Å²) in [5, 5.41) is 12.2. The number of carboxylic acid groups (broad SMARTS) is 1. The summed E-state index contributed by atoms with van der Waals surface area (Å²) in [7, 11) is 0. The smallest absolute Gasteiger partial charge is 0.323 e. The lowest BCUT2D eigenvalue weighted by Gasteiger charge is -2.26. The van der Waals surface area contributed by atoms with Crippen LogP contribution < -0.4 is 10.2 Å². The number of hydrogen-bond acceptors (Lipinski definition) is 4. The lowest BCUT2D eigenvalue weighted by atomic mass is 9.88. The number of benzene rings is 4. The molecule has 5 rings (SSSR count). The first-order valence-electron chi connectivity index (χ1n) is 14.3. The van der Waals surface area contributed by atoms with E-state index in [1.54, 1.807) is 17.0 Å². The second-order valence-corrected chi connectivity index (χ2v) is 10.4. The van der Waals surface area contributed by atoms with Crippen molar-refractivity contribution in [3.8, 4) is 0 Å². The van der Waals surface area contributed by atoms with Crippen LogP contribution in [0.1, 0.15) is 49.7 Å². The van der Waals surface area contributed by atoms with Crippen molar-refractivity contribution in [3.05, 3.63) is 137 Å². The molecule has 0 aliphatic carbocycles. The molecule has 2 amide bonds. The van der Waals surface area contributed by atoms with Gasteiger partial charge in [0.15, 0.2) is 0 Å². The number of rotatable bonds is 12. The van der Waals surface area contributed by atoms with E-state index in [0.29, 0.717) is 43.7 Å². The normalized spacial score (nSPS) is 12.2. The van der Waals surface area contributed by atoms with Crippen molar-refractivity contribution >= 4 is 23.5 Å². The number of fused-ring (bicyclic) bond motifs is 1. The Balaban J connectivity index is 1.29. The molecule has 0 aromatic heterocycles. The molecule has 4 aromatic carbocycles. The van der Waals surface area contributed by atoms with Crippen LogP contribution in [0.5, 0.6) is 0 Å². The second kappa shape index (κ2) is 13.6. The third kappa shape index (κ3) is 6.86. The van der Waals surface area contributed by atoms with Crippen LogP contribution in [0.2, 0.25) is 0 Å². The average Bonchev–Trinajstić information content (AvgIpc) is 3.43. The van der Waals surface area contributed by atoms with Crippen molar-refractivity contribution in [2.45, 2.75) is 18.8 Å². The summed E-state index contributed by atoms with van der Waals surface area (Å²) >= 11 is 0. The maximum absolute atomic E-state index is 13.6. The van der Waals surface area contributed by atoms with Crippen molar-refractivity contribution in [3.63, 3.8) is 0 Å². The highest BCUT2D eigenvalue weighted by Gasteiger charge is 2.26. The van der Waals surface area contributed by atoms with Gasteiger partial charge in [-0.15, -0.1) is 0 Å². The third-order valence-corrected chi connectivity index (χ3v) is 7.76. The number of carbonyl (C=O) groups is 3. The van der Waals surface area contributed by atoms with Crippen LogP contribution >= 0.6 is 0 Å². The topological polar surface area (TPSA) is 89.9 Å². The molecule has 0 fully saturated rings.